The first-order chi connectivity index (χ1) is 11.0. The SMILES string of the molecule is CN(C)CCN(Cc1ccc(F)cc1)C(=O)C1CCCC(N)C1. The van der Waals surface area contributed by atoms with Crippen molar-refractivity contribution in [1.29, 1.82) is 0 Å². The lowest BCUT2D eigenvalue weighted by atomic mass is 9.85. The molecule has 23 heavy (non-hydrogen) atoms. The molecule has 5 heteroatoms. The standard InChI is InChI=1S/C18H28FN3O/c1-21(2)10-11-22(13-14-6-8-16(19)9-7-14)18(23)15-4-3-5-17(20)12-15/h6-9,15,17H,3-5,10-13,20H2,1-2H3. The Hall–Kier alpha value is -1.46. The molecule has 0 aliphatic heterocycles. The van der Waals surface area contributed by atoms with Gasteiger partial charge in [-0.15, -0.1) is 0 Å². The van der Waals surface area contributed by atoms with Crippen LogP contribution in [0.4, 0.5) is 4.39 Å². The number of nitrogens with zero attached hydrogens (tertiary/aromatic N) is 2. The Morgan fingerprint density at radius 3 is 2.52 bits per heavy atom. The maximum absolute atomic E-state index is 13.1. The first-order valence-electron chi connectivity index (χ1n) is 8.39. The van der Waals surface area contributed by atoms with Crippen LogP contribution in [0.3, 0.4) is 0 Å². The van der Waals surface area contributed by atoms with E-state index < -0.39 is 0 Å². The third kappa shape index (κ3) is 5.59. The van der Waals surface area contributed by atoms with Crippen LogP contribution in [-0.2, 0) is 11.3 Å². The zero-order valence-electron chi connectivity index (χ0n) is 14.2. The maximum Gasteiger partial charge on any atom is 0.226 e. The van der Waals surface area contributed by atoms with Crippen molar-refractivity contribution in [2.24, 2.45) is 11.7 Å². The Kier molecular flexibility index (Phi) is 6.54. The summed E-state index contributed by atoms with van der Waals surface area (Å²) >= 11 is 0. The van der Waals surface area contributed by atoms with E-state index >= 15 is 0 Å². The quantitative estimate of drug-likeness (QED) is 0.874. The highest BCUT2D eigenvalue weighted by atomic mass is 19.1. The molecule has 2 N–H and O–H groups in total. The van der Waals surface area contributed by atoms with E-state index in [0.29, 0.717) is 13.1 Å². The lowest BCUT2D eigenvalue weighted by Gasteiger charge is -2.32. The number of benzene rings is 1. The van der Waals surface area contributed by atoms with Gasteiger partial charge in [0.25, 0.3) is 0 Å². The number of nitrogens with two attached hydrogens (primary N) is 1. The van der Waals surface area contributed by atoms with Crippen molar-refractivity contribution in [2.45, 2.75) is 38.3 Å². The molecule has 1 saturated carbocycles. The number of amides is 1. The summed E-state index contributed by atoms with van der Waals surface area (Å²) in [5.41, 5.74) is 6.99. The molecule has 128 valence electrons. The highest BCUT2D eigenvalue weighted by Crippen LogP contribution is 2.25. The normalized spacial score (nSPS) is 21.4. The molecule has 0 heterocycles. The number of carbonyl (C=O) groups excluding carboxylic acids is 1. The van der Waals surface area contributed by atoms with Crippen molar-refractivity contribution in [3.63, 3.8) is 0 Å². The van der Waals surface area contributed by atoms with Gasteiger partial charge >= 0.3 is 0 Å². The first kappa shape index (κ1) is 17.9. The molecule has 1 aromatic carbocycles. The van der Waals surface area contributed by atoms with E-state index in [0.717, 1.165) is 37.8 Å². The average Bonchev–Trinajstić information content (AvgIpc) is 2.52. The molecular formula is C18H28FN3O. The summed E-state index contributed by atoms with van der Waals surface area (Å²) < 4.78 is 13.1. The summed E-state index contributed by atoms with van der Waals surface area (Å²) in [5, 5.41) is 0. The fourth-order valence-corrected chi connectivity index (χ4v) is 3.11. The van der Waals surface area contributed by atoms with E-state index in [-0.39, 0.29) is 23.7 Å². The van der Waals surface area contributed by atoms with Gasteiger partial charge in [-0.3, -0.25) is 4.79 Å². The van der Waals surface area contributed by atoms with Crippen LogP contribution in [0.2, 0.25) is 0 Å². The van der Waals surface area contributed by atoms with Crippen molar-refractivity contribution in [3.8, 4) is 0 Å². The van der Waals surface area contributed by atoms with E-state index in [9.17, 15) is 9.18 Å². The van der Waals surface area contributed by atoms with Crippen LogP contribution in [-0.4, -0.2) is 48.9 Å². The zero-order valence-corrected chi connectivity index (χ0v) is 14.2. The third-order valence-electron chi connectivity index (χ3n) is 4.48. The predicted molar refractivity (Wildman–Crippen MR) is 90.3 cm³/mol. The number of hydrogen-bond acceptors (Lipinski definition) is 3. The number of rotatable bonds is 6. The molecule has 0 spiro atoms. The third-order valence-corrected chi connectivity index (χ3v) is 4.48. The van der Waals surface area contributed by atoms with Gasteiger partial charge in [-0.1, -0.05) is 18.6 Å². The summed E-state index contributed by atoms with van der Waals surface area (Å²) in [6.07, 6.45) is 3.74. The fraction of sp³-hybridized carbons (Fsp3) is 0.611. The van der Waals surface area contributed by atoms with Gasteiger partial charge in [-0.2, -0.15) is 0 Å². The van der Waals surface area contributed by atoms with Crippen molar-refractivity contribution in [1.82, 2.24) is 9.80 Å². The molecule has 1 aliphatic rings. The van der Waals surface area contributed by atoms with Crippen LogP contribution in [0.5, 0.6) is 0 Å². The smallest absolute Gasteiger partial charge is 0.226 e. The van der Waals surface area contributed by atoms with E-state index in [2.05, 4.69) is 4.90 Å². The van der Waals surface area contributed by atoms with Gasteiger partial charge in [-0.05, 0) is 51.1 Å². The van der Waals surface area contributed by atoms with Crippen molar-refractivity contribution in [3.05, 3.63) is 35.6 Å². The van der Waals surface area contributed by atoms with Gasteiger partial charge in [0.05, 0.1) is 0 Å². The molecule has 0 radical (unpaired) electrons. The minimum Gasteiger partial charge on any atom is -0.337 e. The van der Waals surface area contributed by atoms with Crippen molar-refractivity contribution in [2.75, 3.05) is 27.2 Å². The minimum atomic E-state index is -0.252. The fourth-order valence-electron chi connectivity index (χ4n) is 3.11. The molecule has 4 nitrogen and oxygen atoms in total. The Labute approximate surface area is 138 Å². The van der Waals surface area contributed by atoms with E-state index in [1.807, 2.05) is 19.0 Å². The van der Waals surface area contributed by atoms with Crippen LogP contribution in [0, 0.1) is 11.7 Å². The molecule has 1 fully saturated rings. The van der Waals surface area contributed by atoms with E-state index in [4.69, 9.17) is 5.73 Å². The van der Waals surface area contributed by atoms with E-state index in [1.54, 1.807) is 12.1 Å². The molecule has 1 amide bonds. The first-order valence-corrected chi connectivity index (χ1v) is 8.39. The maximum atomic E-state index is 13.1. The summed E-state index contributed by atoms with van der Waals surface area (Å²) in [7, 11) is 3.99. The van der Waals surface area contributed by atoms with Crippen LogP contribution in [0.1, 0.15) is 31.2 Å². The second kappa shape index (κ2) is 8.41. The van der Waals surface area contributed by atoms with Crippen LogP contribution < -0.4 is 5.73 Å². The number of hydrogen-bond donors (Lipinski definition) is 1. The molecule has 2 unspecified atom stereocenters. The Bertz CT molecular complexity index is 503. The highest BCUT2D eigenvalue weighted by molar-refractivity contribution is 5.79. The van der Waals surface area contributed by atoms with Gasteiger partial charge in [0.15, 0.2) is 0 Å². The summed E-state index contributed by atoms with van der Waals surface area (Å²) in [5.74, 6) is -0.0362. The monoisotopic (exact) mass is 321 g/mol. The van der Waals surface area contributed by atoms with Crippen molar-refractivity contribution < 1.29 is 9.18 Å². The molecule has 2 rings (SSSR count). The second-order valence-electron chi connectivity index (χ2n) is 6.81. The van der Waals surface area contributed by atoms with Gasteiger partial charge in [-0.25, -0.2) is 4.39 Å². The predicted octanol–water partition coefficient (Wildman–Crippen LogP) is 2.23. The highest BCUT2D eigenvalue weighted by Gasteiger charge is 2.29. The molecule has 2 atom stereocenters. The van der Waals surface area contributed by atoms with E-state index in [1.165, 1.54) is 12.1 Å². The Morgan fingerprint density at radius 1 is 1.22 bits per heavy atom. The zero-order chi connectivity index (χ0) is 16.8. The molecule has 0 bridgehead atoms. The molecule has 1 aliphatic carbocycles. The largest absolute Gasteiger partial charge is 0.337 e. The van der Waals surface area contributed by atoms with Crippen LogP contribution >= 0.6 is 0 Å². The molecular weight excluding hydrogens is 293 g/mol. The molecule has 1 aromatic rings. The van der Waals surface area contributed by atoms with Crippen LogP contribution in [0.15, 0.2) is 24.3 Å². The average molecular weight is 321 g/mol. The molecule has 0 aromatic heterocycles. The Morgan fingerprint density at radius 2 is 1.91 bits per heavy atom. The van der Waals surface area contributed by atoms with Crippen molar-refractivity contribution >= 4 is 5.91 Å². The minimum absolute atomic E-state index is 0.0290. The summed E-state index contributed by atoms with van der Waals surface area (Å²) in [6.45, 7) is 2.01. The lowest BCUT2D eigenvalue weighted by molar-refractivity contribution is -0.137. The van der Waals surface area contributed by atoms with Gasteiger partial charge in [0.1, 0.15) is 5.82 Å². The summed E-state index contributed by atoms with van der Waals surface area (Å²) in [4.78, 5) is 16.9. The second-order valence-corrected chi connectivity index (χ2v) is 6.81. The van der Waals surface area contributed by atoms with Gasteiger partial charge in [0.2, 0.25) is 5.91 Å². The topological polar surface area (TPSA) is 49.6 Å². The lowest BCUT2D eigenvalue weighted by Crippen LogP contribution is -2.42. The molecule has 0 saturated heterocycles. The van der Waals surface area contributed by atoms with Gasteiger partial charge < -0.3 is 15.5 Å². The number of carbonyl (C=O) groups is 1. The summed E-state index contributed by atoms with van der Waals surface area (Å²) in [6, 6.07) is 6.52. The number of likely N-dealkylation sites (N-methyl/N-ethyl adjacent to an activating group) is 1. The number of halogens is 1. The van der Waals surface area contributed by atoms with Crippen LogP contribution in [0.25, 0.3) is 0 Å². The van der Waals surface area contributed by atoms with Gasteiger partial charge in [0, 0.05) is 31.6 Å². The Balaban J connectivity index is 2.05.